The van der Waals surface area contributed by atoms with Crippen molar-refractivity contribution in [3.05, 3.63) is 17.6 Å². The summed E-state index contributed by atoms with van der Waals surface area (Å²) in [5.74, 6) is -2.43. The van der Waals surface area contributed by atoms with Crippen LogP contribution in [0, 0.1) is 5.82 Å². The third kappa shape index (κ3) is 2.19. The summed E-state index contributed by atoms with van der Waals surface area (Å²) in [4.78, 5) is 14.3. The average molecular weight is 230 g/mol. The number of hydrogen-bond acceptors (Lipinski definition) is 5. The molecule has 0 aliphatic heterocycles. The molecule has 1 atom stereocenters. The number of aromatic nitrogens is 1. The van der Waals surface area contributed by atoms with E-state index in [1.165, 1.54) is 20.3 Å². The Hall–Kier alpha value is -1.89. The minimum Gasteiger partial charge on any atom is -0.493 e. The Balaban J connectivity index is 3.31. The van der Waals surface area contributed by atoms with Gasteiger partial charge in [0, 0.05) is 6.07 Å². The molecule has 6 nitrogen and oxygen atoms in total. The monoisotopic (exact) mass is 230 g/mol. The van der Waals surface area contributed by atoms with Gasteiger partial charge in [-0.25, -0.2) is 9.37 Å². The molecule has 0 aliphatic rings. The summed E-state index contributed by atoms with van der Waals surface area (Å²) in [7, 11) is 2.56. The topological polar surface area (TPSA) is 94.7 Å². The fraction of sp³-hybridized carbons (Fsp3) is 0.333. The second kappa shape index (κ2) is 4.75. The van der Waals surface area contributed by atoms with E-state index in [2.05, 4.69) is 4.98 Å². The number of methoxy groups -OCH3 is 2. The zero-order chi connectivity index (χ0) is 12.3. The van der Waals surface area contributed by atoms with Crippen LogP contribution in [0.5, 0.6) is 11.6 Å². The first-order valence-electron chi connectivity index (χ1n) is 4.28. The van der Waals surface area contributed by atoms with Gasteiger partial charge in [0.25, 0.3) is 0 Å². The third-order valence-corrected chi connectivity index (χ3v) is 1.92. The summed E-state index contributed by atoms with van der Waals surface area (Å²) in [6.45, 7) is 0. The smallest absolute Gasteiger partial charge is 0.326 e. The van der Waals surface area contributed by atoms with Crippen molar-refractivity contribution in [2.75, 3.05) is 14.2 Å². The Bertz CT molecular complexity index is 411. The highest BCUT2D eigenvalue weighted by atomic mass is 19.1. The predicted molar refractivity (Wildman–Crippen MR) is 51.9 cm³/mol. The van der Waals surface area contributed by atoms with E-state index in [9.17, 15) is 9.18 Å². The van der Waals surface area contributed by atoms with E-state index in [-0.39, 0.29) is 11.6 Å². The number of aliphatic carboxylic acids is 1. The van der Waals surface area contributed by atoms with Crippen molar-refractivity contribution in [2.24, 2.45) is 5.73 Å². The summed E-state index contributed by atoms with van der Waals surface area (Å²) >= 11 is 0. The molecule has 0 aromatic carbocycles. The number of nitrogens with two attached hydrogens (primary N) is 1. The van der Waals surface area contributed by atoms with Crippen molar-refractivity contribution >= 4 is 5.97 Å². The SMILES string of the molecule is COc1cc(OC)c(F)c(C(N)C(=O)O)n1. The Kier molecular flexibility index (Phi) is 3.62. The summed E-state index contributed by atoms with van der Waals surface area (Å²) in [5, 5.41) is 8.67. The van der Waals surface area contributed by atoms with Crippen LogP contribution in [0.2, 0.25) is 0 Å². The van der Waals surface area contributed by atoms with E-state index >= 15 is 0 Å². The maximum atomic E-state index is 13.6. The molecule has 1 rings (SSSR count). The Morgan fingerprint density at radius 3 is 2.62 bits per heavy atom. The average Bonchev–Trinajstić information content (AvgIpc) is 2.28. The van der Waals surface area contributed by atoms with Crippen LogP contribution < -0.4 is 15.2 Å². The Morgan fingerprint density at radius 1 is 1.56 bits per heavy atom. The molecule has 0 saturated heterocycles. The van der Waals surface area contributed by atoms with E-state index in [1.807, 2.05) is 0 Å². The van der Waals surface area contributed by atoms with E-state index in [0.717, 1.165) is 0 Å². The van der Waals surface area contributed by atoms with Crippen molar-refractivity contribution in [3.8, 4) is 11.6 Å². The van der Waals surface area contributed by atoms with Gasteiger partial charge in [-0.05, 0) is 0 Å². The molecule has 7 heteroatoms. The zero-order valence-corrected chi connectivity index (χ0v) is 8.73. The molecule has 3 N–H and O–H groups in total. The Morgan fingerprint density at radius 2 is 2.19 bits per heavy atom. The number of rotatable bonds is 4. The number of pyridine rings is 1. The van der Waals surface area contributed by atoms with Crippen molar-refractivity contribution in [3.63, 3.8) is 0 Å². The molecule has 1 aromatic rings. The zero-order valence-electron chi connectivity index (χ0n) is 8.73. The number of carboxylic acid groups (broad SMARTS) is 1. The Labute approximate surface area is 90.8 Å². The quantitative estimate of drug-likeness (QED) is 0.773. The third-order valence-electron chi connectivity index (χ3n) is 1.92. The van der Waals surface area contributed by atoms with Crippen LogP contribution in [0.4, 0.5) is 4.39 Å². The molecular weight excluding hydrogens is 219 g/mol. The maximum absolute atomic E-state index is 13.6. The first kappa shape index (κ1) is 12.2. The van der Waals surface area contributed by atoms with Gasteiger partial charge in [-0.2, -0.15) is 0 Å². The first-order chi connectivity index (χ1) is 7.51. The lowest BCUT2D eigenvalue weighted by molar-refractivity contribution is -0.138. The lowest BCUT2D eigenvalue weighted by Crippen LogP contribution is -2.23. The van der Waals surface area contributed by atoms with Crippen LogP contribution in [-0.2, 0) is 4.79 Å². The molecule has 1 heterocycles. The highest BCUT2D eigenvalue weighted by molar-refractivity contribution is 5.74. The van der Waals surface area contributed by atoms with Crippen molar-refractivity contribution in [1.29, 1.82) is 0 Å². The van der Waals surface area contributed by atoms with Crippen LogP contribution >= 0.6 is 0 Å². The molecular formula is C9H11FN2O4. The fourth-order valence-electron chi connectivity index (χ4n) is 1.08. The van der Waals surface area contributed by atoms with E-state index < -0.39 is 23.5 Å². The largest absolute Gasteiger partial charge is 0.493 e. The van der Waals surface area contributed by atoms with Crippen LogP contribution in [0.15, 0.2) is 6.07 Å². The summed E-state index contributed by atoms with van der Waals surface area (Å²) in [5.41, 5.74) is 4.85. The summed E-state index contributed by atoms with van der Waals surface area (Å²) in [6, 6.07) is -0.364. The lowest BCUT2D eigenvalue weighted by Gasteiger charge is -2.11. The molecule has 0 saturated carbocycles. The van der Waals surface area contributed by atoms with Crippen LogP contribution in [0.1, 0.15) is 11.7 Å². The van der Waals surface area contributed by atoms with Crippen molar-refractivity contribution in [1.82, 2.24) is 4.98 Å². The molecule has 1 unspecified atom stereocenters. The second-order valence-corrected chi connectivity index (χ2v) is 2.88. The van der Waals surface area contributed by atoms with Gasteiger partial charge in [-0.3, -0.25) is 4.79 Å². The molecule has 0 radical (unpaired) electrons. The molecule has 0 amide bonds. The molecule has 1 aromatic heterocycles. The standard InChI is InChI=1S/C9H11FN2O4/c1-15-4-3-5(16-2)12-8(6(4)10)7(11)9(13)14/h3,7H,11H2,1-2H3,(H,13,14). The van der Waals surface area contributed by atoms with Gasteiger partial charge in [-0.15, -0.1) is 0 Å². The minimum absolute atomic E-state index is 0.0324. The minimum atomic E-state index is -1.57. The van der Waals surface area contributed by atoms with E-state index in [1.54, 1.807) is 0 Å². The number of nitrogens with zero attached hydrogens (tertiary/aromatic N) is 1. The summed E-state index contributed by atoms with van der Waals surface area (Å²) in [6.07, 6.45) is 0. The van der Waals surface area contributed by atoms with Gasteiger partial charge in [0.15, 0.2) is 11.6 Å². The fourth-order valence-corrected chi connectivity index (χ4v) is 1.08. The van der Waals surface area contributed by atoms with Gasteiger partial charge in [0.2, 0.25) is 5.88 Å². The molecule has 88 valence electrons. The normalized spacial score (nSPS) is 12.0. The van der Waals surface area contributed by atoms with E-state index in [4.69, 9.17) is 20.3 Å². The number of carbonyl (C=O) groups is 1. The number of halogens is 1. The van der Waals surface area contributed by atoms with Gasteiger partial charge in [0.1, 0.15) is 11.7 Å². The number of carboxylic acids is 1. The molecule has 0 fully saturated rings. The summed E-state index contributed by atoms with van der Waals surface area (Å²) < 4.78 is 23.1. The van der Waals surface area contributed by atoms with Crippen LogP contribution in [0.25, 0.3) is 0 Å². The highest BCUT2D eigenvalue weighted by Gasteiger charge is 2.24. The van der Waals surface area contributed by atoms with Gasteiger partial charge < -0.3 is 20.3 Å². The molecule has 0 spiro atoms. The molecule has 0 bridgehead atoms. The van der Waals surface area contributed by atoms with Crippen molar-refractivity contribution < 1.29 is 23.8 Å². The highest BCUT2D eigenvalue weighted by Crippen LogP contribution is 2.26. The predicted octanol–water partition coefficient (Wildman–Crippen LogP) is 0.322. The number of hydrogen-bond donors (Lipinski definition) is 2. The lowest BCUT2D eigenvalue weighted by atomic mass is 10.2. The molecule has 16 heavy (non-hydrogen) atoms. The maximum Gasteiger partial charge on any atom is 0.326 e. The van der Waals surface area contributed by atoms with Crippen LogP contribution in [-0.4, -0.2) is 30.3 Å². The van der Waals surface area contributed by atoms with E-state index in [0.29, 0.717) is 0 Å². The van der Waals surface area contributed by atoms with Gasteiger partial charge in [-0.1, -0.05) is 0 Å². The van der Waals surface area contributed by atoms with Crippen LogP contribution in [0.3, 0.4) is 0 Å². The second-order valence-electron chi connectivity index (χ2n) is 2.88. The first-order valence-corrected chi connectivity index (χ1v) is 4.28. The van der Waals surface area contributed by atoms with Gasteiger partial charge in [0.05, 0.1) is 14.2 Å². The van der Waals surface area contributed by atoms with Crippen molar-refractivity contribution in [2.45, 2.75) is 6.04 Å². The van der Waals surface area contributed by atoms with Gasteiger partial charge >= 0.3 is 5.97 Å². The molecule has 0 aliphatic carbocycles. The number of ether oxygens (including phenoxy) is 2.